The molecule has 0 fully saturated rings. The first-order valence-electron chi connectivity index (χ1n) is 3.04. The summed E-state index contributed by atoms with van der Waals surface area (Å²) in [5.41, 5.74) is 0.449. The molecule has 0 amide bonds. The molecule has 0 saturated heterocycles. The van der Waals surface area contributed by atoms with Gasteiger partial charge >= 0.3 is 0 Å². The van der Waals surface area contributed by atoms with Crippen molar-refractivity contribution in [3.63, 3.8) is 0 Å². The number of hydrogen-bond acceptors (Lipinski definition) is 4. The van der Waals surface area contributed by atoms with Gasteiger partial charge in [0.25, 0.3) is 0 Å². The van der Waals surface area contributed by atoms with Gasteiger partial charge in [-0.05, 0) is 19.4 Å². The highest BCUT2D eigenvalue weighted by Crippen LogP contribution is 1.97. The Labute approximate surface area is 59.9 Å². The quantitative estimate of drug-likeness (QED) is 0.354. The molecular formula is C6H12N2O2. The SMILES string of the molecule is C/C=C(O)\C(CC)=N/ON. The van der Waals surface area contributed by atoms with Gasteiger partial charge in [-0.3, -0.25) is 0 Å². The van der Waals surface area contributed by atoms with Crippen molar-refractivity contribution in [3.8, 4) is 0 Å². The molecule has 0 radical (unpaired) electrons. The van der Waals surface area contributed by atoms with Gasteiger partial charge in [0.15, 0.2) is 0 Å². The molecule has 0 saturated carbocycles. The van der Waals surface area contributed by atoms with Crippen LogP contribution in [-0.2, 0) is 4.94 Å². The summed E-state index contributed by atoms with van der Waals surface area (Å²) in [6.45, 7) is 3.55. The van der Waals surface area contributed by atoms with Crippen molar-refractivity contribution in [2.24, 2.45) is 11.1 Å². The summed E-state index contributed by atoms with van der Waals surface area (Å²) in [7, 11) is 0. The van der Waals surface area contributed by atoms with Crippen LogP contribution in [-0.4, -0.2) is 10.8 Å². The fourth-order valence-corrected chi connectivity index (χ4v) is 0.523. The summed E-state index contributed by atoms with van der Waals surface area (Å²) in [6, 6.07) is 0. The van der Waals surface area contributed by atoms with E-state index in [2.05, 4.69) is 16.0 Å². The molecule has 0 aliphatic rings. The van der Waals surface area contributed by atoms with Crippen molar-refractivity contribution in [3.05, 3.63) is 11.8 Å². The maximum Gasteiger partial charge on any atom is 0.136 e. The second-order valence-corrected chi connectivity index (χ2v) is 1.67. The van der Waals surface area contributed by atoms with E-state index < -0.39 is 0 Å². The zero-order valence-corrected chi connectivity index (χ0v) is 6.16. The van der Waals surface area contributed by atoms with Gasteiger partial charge in [-0.2, -0.15) is 0 Å². The second-order valence-electron chi connectivity index (χ2n) is 1.67. The first kappa shape index (κ1) is 8.97. The Hall–Kier alpha value is -1.03. The molecule has 4 nitrogen and oxygen atoms in total. The summed E-state index contributed by atoms with van der Waals surface area (Å²) in [5.74, 6) is 4.78. The molecular weight excluding hydrogens is 132 g/mol. The number of allylic oxidation sites excluding steroid dienone is 2. The predicted octanol–water partition coefficient (Wildman–Crippen LogP) is 1.10. The third-order valence-corrected chi connectivity index (χ3v) is 1.07. The van der Waals surface area contributed by atoms with E-state index in [1.165, 1.54) is 6.08 Å². The third kappa shape index (κ3) is 2.50. The van der Waals surface area contributed by atoms with Crippen LogP contribution in [0, 0.1) is 0 Å². The van der Waals surface area contributed by atoms with E-state index in [9.17, 15) is 0 Å². The van der Waals surface area contributed by atoms with Crippen LogP contribution >= 0.6 is 0 Å². The van der Waals surface area contributed by atoms with Gasteiger partial charge in [-0.1, -0.05) is 12.1 Å². The molecule has 0 bridgehead atoms. The lowest BCUT2D eigenvalue weighted by molar-refractivity contribution is 0.147. The van der Waals surface area contributed by atoms with Crippen LogP contribution in [0.4, 0.5) is 0 Å². The molecule has 0 spiro atoms. The molecule has 58 valence electrons. The van der Waals surface area contributed by atoms with Gasteiger partial charge in [-0.25, -0.2) is 0 Å². The monoisotopic (exact) mass is 144 g/mol. The Morgan fingerprint density at radius 2 is 2.40 bits per heavy atom. The standard InChI is InChI=1S/C6H12N2O2/c1-3-5(8-10-7)6(9)4-2/h4,9H,3,7H2,1-2H3/b6-4+,8-5-. The number of oxime groups is 1. The molecule has 0 aromatic rings. The number of aliphatic hydroxyl groups is 1. The zero-order valence-electron chi connectivity index (χ0n) is 6.16. The summed E-state index contributed by atoms with van der Waals surface area (Å²) in [4.78, 5) is 4.00. The van der Waals surface area contributed by atoms with E-state index in [-0.39, 0.29) is 5.76 Å². The first-order valence-corrected chi connectivity index (χ1v) is 3.04. The van der Waals surface area contributed by atoms with Crippen LogP contribution in [0.1, 0.15) is 20.3 Å². The van der Waals surface area contributed by atoms with Crippen molar-refractivity contribution in [2.45, 2.75) is 20.3 Å². The van der Waals surface area contributed by atoms with Gasteiger partial charge < -0.3 is 10.0 Å². The lowest BCUT2D eigenvalue weighted by Crippen LogP contribution is -2.03. The van der Waals surface area contributed by atoms with E-state index in [0.29, 0.717) is 12.1 Å². The van der Waals surface area contributed by atoms with Gasteiger partial charge in [0.2, 0.25) is 0 Å². The highest BCUT2D eigenvalue weighted by molar-refractivity contribution is 5.97. The van der Waals surface area contributed by atoms with Crippen LogP contribution in [0.15, 0.2) is 17.0 Å². The minimum Gasteiger partial charge on any atom is -0.506 e. The topological polar surface area (TPSA) is 67.8 Å². The van der Waals surface area contributed by atoms with Gasteiger partial charge in [-0.15, -0.1) is 5.90 Å². The lowest BCUT2D eigenvalue weighted by Gasteiger charge is -1.98. The Bertz CT molecular complexity index is 152. The number of nitrogens with two attached hydrogens (primary N) is 1. The van der Waals surface area contributed by atoms with Crippen LogP contribution < -0.4 is 5.90 Å². The molecule has 0 rings (SSSR count). The van der Waals surface area contributed by atoms with Crippen LogP contribution in [0.5, 0.6) is 0 Å². The number of rotatable bonds is 3. The summed E-state index contributed by atoms with van der Waals surface area (Å²) in [6.07, 6.45) is 2.12. The molecule has 0 heterocycles. The molecule has 4 heteroatoms. The van der Waals surface area contributed by atoms with E-state index in [1.54, 1.807) is 6.92 Å². The predicted molar refractivity (Wildman–Crippen MR) is 39.4 cm³/mol. The number of nitrogens with zero attached hydrogens (tertiary/aromatic N) is 1. The second kappa shape index (κ2) is 4.81. The Kier molecular flexibility index (Phi) is 4.32. The van der Waals surface area contributed by atoms with Gasteiger partial charge in [0, 0.05) is 0 Å². The highest BCUT2D eigenvalue weighted by atomic mass is 16.7. The van der Waals surface area contributed by atoms with Crippen molar-refractivity contribution >= 4 is 5.71 Å². The van der Waals surface area contributed by atoms with Crippen molar-refractivity contribution in [1.82, 2.24) is 0 Å². The maximum atomic E-state index is 9.04. The van der Waals surface area contributed by atoms with Gasteiger partial charge in [0.05, 0.1) is 0 Å². The average molecular weight is 144 g/mol. The summed E-state index contributed by atoms with van der Waals surface area (Å²) >= 11 is 0. The zero-order chi connectivity index (χ0) is 7.98. The molecule has 0 aromatic carbocycles. The molecule has 0 unspecified atom stereocenters. The Morgan fingerprint density at radius 3 is 2.70 bits per heavy atom. The Balaban J connectivity index is 4.21. The molecule has 0 atom stereocenters. The fraction of sp³-hybridized carbons (Fsp3) is 0.500. The van der Waals surface area contributed by atoms with Gasteiger partial charge in [0.1, 0.15) is 11.5 Å². The highest BCUT2D eigenvalue weighted by Gasteiger charge is 2.00. The lowest BCUT2D eigenvalue weighted by atomic mass is 10.2. The average Bonchev–Trinajstić information content (AvgIpc) is 1.99. The van der Waals surface area contributed by atoms with Crippen LogP contribution in [0.3, 0.4) is 0 Å². The van der Waals surface area contributed by atoms with Crippen molar-refractivity contribution in [1.29, 1.82) is 0 Å². The molecule has 0 aliphatic carbocycles. The molecule has 10 heavy (non-hydrogen) atoms. The Morgan fingerprint density at radius 1 is 1.80 bits per heavy atom. The summed E-state index contributed by atoms with van der Waals surface area (Å²) in [5, 5.41) is 12.4. The minimum absolute atomic E-state index is 0.105. The minimum atomic E-state index is 0.105. The normalized spacial score (nSPS) is 13.5. The van der Waals surface area contributed by atoms with Crippen LogP contribution in [0.25, 0.3) is 0 Å². The first-order chi connectivity index (χ1) is 4.76. The number of aliphatic hydroxyl groups excluding tert-OH is 1. The van der Waals surface area contributed by atoms with E-state index in [0.717, 1.165) is 0 Å². The van der Waals surface area contributed by atoms with Crippen molar-refractivity contribution < 1.29 is 10.0 Å². The fourth-order valence-electron chi connectivity index (χ4n) is 0.523. The molecule has 3 N–H and O–H groups in total. The molecule has 0 aliphatic heterocycles. The molecule has 0 aromatic heterocycles. The number of hydrogen-bond donors (Lipinski definition) is 2. The smallest absolute Gasteiger partial charge is 0.136 e. The summed E-state index contributed by atoms with van der Waals surface area (Å²) < 4.78 is 0. The third-order valence-electron chi connectivity index (χ3n) is 1.07. The van der Waals surface area contributed by atoms with Crippen LogP contribution in [0.2, 0.25) is 0 Å². The van der Waals surface area contributed by atoms with E-state index >= 15 is 0 Å². The van der Waals surface area contributed by atoms with E-state index in [1.807, 2.05) is 6.92 Å². The van der Waals surface area contributed by atoms with Crippen molar-refractivity contribution in [2.75, 3.05) is 0 Å². The largest absolute Gasteiger partial charge is 0.506 e. The maximum absolute atomic E-state index is 9.04. The van der Waals surface area contributed by atoms with E-state index in [4.69, 9.17) is 5.11 Å².